The van der Waals surface area contributed by atoms with E-state index < -0.39 is 0 Å². The van der Waals surface area contributed by atoms with Crippen molar-refractivity contribution in [1.29, 1.82) is 0 Å². The molecular formula is C11H18S2. The standard InChI is InChI=1S/C11H18S2/c1-9-4-5-11(10(2,3)8-9)12-6-7-13-11/h8H,4-7H2,1-3H3. The van der Waals surface area contributed by atoms with Crippen LogP contribution in [0.3, 0.4) is 0 Å². The highest BCUT2D eigenvalue weighted by atomic mass is 32.2. The first-order chi connectivity index (χ1) is 6.06. The summed E-state index contributed by atoms with van der Waals surface area (Å²) in [6.07, 6.45) is 5.18. The molecule has 0 radical (unpaired) electrons. The van der Waals surface area contributed by atoms with E-state index in [0.717, 1.165) is 0 Å². The Morgan fingerprint density at radius 3 is 2.38 bits per heavy atom. The molecule has 0 unspecified atom stereocenters. The molecule has 0 aromatic rings. The van der Waals surface area contributed by atoms with Gasteiger partial charge in [-0.25, -0.2) is 0 Å². The van der Waals surface area contributed by atoms with E-state index in [1.807, 2.05) is 0 Å². The van der Waals surface area contributed by atoms with Crippen molar-refractivity contribution in [1.82, 2.24) is 0 Å². The topological polar surface area (TPSA) is 0 Å². The van der Waals surface area contributed by atoms with Crippen LogP contribution in [0.15, 0.2) is 11.6 Å². The highest BCUT2D eigenvalue weighted by Crippen LogP contribution is 2.60. The summed E-state index contributed by atoms with van der Waals surface area (Å²) in [6, 6.07) is 0. The summed E-state index contributed by atoms with van der Waals surface area (Å²) in [5, 5.41) is 0. The second-order valence-corrected chi connectivity index (χ2v) is 7.71. The molecule has 2 heteroatoms. The Morgan fingerprint density at radius 1 is 1.23 bits per heavy atom. The fourth-order valence-corrected chi connectivity index (χ4v) is 5.97. The van der Waals surface area contributed by atoms with E-state index in [0.29, 0.717) is 9.49 Å². The monoisotopic (exact) mass is 214 g/mol. The summed E-state index contributed by atoms with van der Waals surface area (Å²) in [5.41, 5.74) is 1.98. The molecule has 1 aliphatic heterocycles. The van der Waals surface area contributed by atoms with Gasteiger partial charge in [0, 0.05) is 16.9 Å². The van der Waals surface area contributed by atoms with Crippen LogP contribution >= 0.6 is 23.5 Å². The Hall–Kier alpha value is 0.440. The van der Waals surface area contributed by atoms with Crippen molar-refractivity contribution in [2.75, 3.05) is 11.5 Å². The van der Waals surface area contributed by atoms with Gasteiger partial charge in [0.25, 0.3) is 0 Å². The van der Waals surface area contributed by atoms with E-state index in [1.54, 1.807) is 5.57 Å². The highest BCUT2D eigenvalue weighted by molar-refractivity contribution is 8.21. The van der Waals surface area contributed by atoms with Crippen LogP contribution in [0.4, 0.5) is 0 Å². The van der Waals surface area contributed by atoms with Gasteiger partial charge < -0.3 is 0 Å². The van der Waals surface area contributed by atoms with E-state index in [-0.39, 0.29) is 0 Å². The van der Waals surface area contributed by atoms with Gasteiger partial charge in [-0.3, -0.25) is 0 Å². The van der Waals surface area contributed by atoms with E-state index >= 15 is 0 Å². The van der Waals surface area contributed by atoms with Gasteiger partial charge in [0.15, 0.2) is 0 Å². The summed E-state index contributed by atoms with van der Waals surface area (Å²) in [5.74, 6) is 2.70. The summed E-state index contributed by atoms with van der Waals surface area (Å²) < 4.78 is 0.506. The number of allylic oxidation sites excluding steroid dienone is 2. The predicted octanol–water partition coefficient (Wildman–Crippen LogP) is 3.93. The van der Waals surface area contributed by atoms with E-state index in [4.69, 9.17) is 0 Å². The van der Waals surface area contributed by atoms with Gasteiger partial charge >= 0.3 is 0 Å². The predicted molar refractivity (Wildman–Crippen MR) is 64.4 cm³/mol. The number of hydrogen-bond acceptors (Lipinski definition) is 2. The Labute approximate surface area is 89.9 Å². The van der Waals surface area contributed by atoms with Crippen LogP contribution in [0.5, 0.6) is 0 Å². The quantitative estimate of drug-likeness (QED) is 0.560. The molecule has 0 aromatic heterocycles. The molecule has 0 aromatic carbocycles. The van der Waals surface area contributed by atoms with Crippen LogP contribution in [0.1, 0.15) is 33.6 Å². The maximum atomic E-state index is 2.50. The van der Waals surface area contributed by atoms with E-state index in [9.17, 15) is 0 Å². The minimum Gasteiger partial charge on any atom is -0.142 e. The normalized spacial score (nSPS) is 30.5. The van der Waals surface area contributed by atoms with Gasteiger partial charge in [-0.15, -0.1) is 23.5 Å². The first-order valence-corrected chi connectivity index (χ1v) is 6.99. The number of thioether (sulfide) groups is 2. The molecule has 1 saturated heterocycles. The fourth-order valence-electron chi connectivity index (χ4n) is 2.45. The summed E-state index contributed by atoms with van der Waals surface area (Å²) in [4.78, 5) is 0. The van der Waals surface area contributed by atoms with Gasteiger partial charge in [-0.05, 0) is 19.8 Å². The van der Waals surface area contributed by atoms with E-state index in [1.165, 1.54) is 24.3 Å². The smallest absolute Gasteiger partial charge is 0.0699 e. The summed E-state index contributed by atoms with van der Waals surface area (Å²) in [6.45, 7) is 7.08. The Balaban J connectivity index is 2.31. The summed E-state index contributed by atoms with van der Waals surface area (Å²) >= 11 is 4.39. The first-order valence-electron chi connectivity index (χ1n) is 5.02. The Bertz CT molecular complexity index is 234. The molecular weight excluding hydrogens is 196 g/mol. The zero-order valence-electron chi connectivity index (χ0n) is 8.72. The SMILES string of the molecule is CC1=CC(C)(C)C2(CC1)SCCS2. The molecule has 0 saturated carbocycles. The van der Waals surface area contributed by atoms with Gasteiger partial charge in [-0.2, -0.15) is 0 Å². The Kier molecular flexibility index (Phi) is 2.48. The lowest BCUT2D eigenvalue weighted by molar-refractivity contribution is 0.385. The molecule has 0 atom stereocenters. The van der Waals surface area contributed by atoms with Gasteiger partial charge in [0.2, 0.25) is 0 Å². The average molecular weight is 214 g/mol. The van der Waals surface area contributed by atoms with Crippen LogP contribution in [0.2, 0.25) is 0 Å². The molecule has 0 nitrogen and oxygen atoms in total. The van der Waals surface area contributed by atoms with Crippen molar-refractivity contribution in [3.8, 4) is 0 Å². The minimum absolute atomic E-state index is 0.390. The fraction of sp³-hybridized carbons (Fsp3) is 0.818. The van der Waals surface area contributed by atoms with Crippen LogP contribution < -0.4 is 0 Å². The molecule has 1 heterocycles. The molecule has 1 fully saturated rings. The van der Waals surface area contributed by atoms with Crippen LogP contribution in [0.25, 0.3) is 0 Å². The van der Waals surface area contributed by atoms with Crippen molar-refractivity contribution in [2.24, 2.45) is 5.41 Å². The van der Waals surface area contributed by atoms with Crippen molar-refractivity contribution in [2.45, 2.75) is 37.7 Å². The first kappa shape index (κ1) is 9.97. The molecule has 2 rings (SSSR count). The molecule has 13 heavy (non-hydrogen) atoms. The van der Waals surface area contributed by atoms with Crippen molar-refractivity contribution < 1.29 is 0 Å². The second-order valence-electron chi connectivity index (χ2n) is 4.66. The van der Waals surface area contributed by atoms with Crippen molar-refractivity contribution >= 4 is 23.5 Å². The maximum Gasteiger partial charge on any atom is 0.0699 e. The lowest BCUT2D eigenvalue weighted by atomic mass is 9.79. The minimum atomic E-state index is 0.390. The zero-order chi connectivity index (χ0) is 9.53. The maximum absolute atomic E-state index is 2.50. The lowest BCUT2D eigenvalue weighted by Crippen LogP contribution is -2.38. The lowest BCUT2D eigenvalue weighted by Gasteiger charge is -2.44. The third kappa shape index (κ3) is 1.56. The Morgan fingerprint density at radius 2 is 1.85 bits per heavy atom. The zero-order valence-corrected chi connectivity index (χ0v) is 10.4. The van der Waals surface area contributed by atoms with Crippen molar-refractivity contribution in [3.05, 3.63) is 11.6 Å². The second kappa shape index (κ2) is 3.23. The summed E-state index contributed by atoms with van der Waals surface area (Å²) in [7, 11) is 0. The molecule has 0 amide bonds. The highest BCUT2D eigenvalue weighted by Gasteiger charge is 2.48. The van der Waals surface area contributed by atoms with E-state index in [2.05, 4.69) is 50.4 Å². The van der Waals surface area contributed by atoms with Crippen LogP contribution in [0, 0.1) is 5.41 Å². The third-order valence-electron chi connectivity index (χ3n) is 3.19. The molecule has 74 valence electrons. The van der Waals surface area contributed by atoms with Gasteiger partial charge in [0.1, 0.15) is 0 Å². The number of rotatable bonds is 0. The van der Waals surface area contributed by atoms with Crippen LogP contribution in [-0.4, -0.2) is 15.6 Å². The van der Waals surface area contributed by atoms with Gasteiger partial charge in [-0.1, -0.05) is 25.5 Å². The molecule has 1 spiro atoms. The molecule has 0 N–H and O–H groups in total. The molecule has 0 bridgehead atoms. The van der Waals surface area contributed by atoms with Crippen LogP contribution in [-0.2, 0) is 0 Å². The number of hydrogen-bond donors (Lipinski definition) is 0. The van der Waals surface area contributed by atoms with Crippen molar-refractivity contribution in [3.63, 3.8) is 0 Å². The largest absolute Gasteiger partial charge is 0.142 e. The average Bonchev–Trinajstić information content (AvgIpc) is 2.47. The van der Waals surface area contributed by atoms with Gasteiger partial charge in [0.05, 0.1) is 4.08 Å². The molecule has 1 aliphatic carbocycles. The third-order valence-corrected chi connectivity index (χ3v) is 7.37. The molecule has 2 aliphatic rings.